The van der Waals surface area contributed by atoms with Crippen molar-refractivity contribution in [2.75, 3.05) is 6.61 Å². The van der Waals surface area contributed by atoms with Crippen molar-refractivity contribution in [3.05, 3.63) is 47.8 Å². The van der Waals surface area contributed by atoms with Crippen LogP contribution >= 0.6 is 0 Å². The van der Waals surface area contributed by atoms with E-state index in [9.17, 15) is 0 Å². The summed E-state index contributed by atoms with van der Waals surface area (Å²) in [6, 6.07) is 13.0. The molecular formula is C21H24N2O. The Morgan fingerprint density at radius 3 is 2.71 bits per heavy atom. The molecule has 3 nitrogen and oxygen atoms in total. The van der Waals surface area contributed by atoms with Crippen molar-refractivity contribution < 1.29 is 4.74 Å². The van der Waals surface area contributed by atoms with E-state index in [-0.39, 0.29) is 0 Å². The summed E-state index contributed by atoms with van der Waals surface area (Å²) in [4.78, 5) is 7.81. The Bertz CT molecular complexity index is 881. The molecule has 124 valence electrons. The van der Waals surface area contributed by atoms with Crippen molar-refractivity contribution in [3.63, 3.8) is 0 Å². The van der Waals surface area contributed by atoms with E-state index in [0.29, 0.717) is 11.8 Å². The molecule has 4 rings (SSSR count). The van der Waals surface area contributed by atoms with Gasteiger partial charge in [0.2, 0.25) is 0 Å². The number of ether oxygens (including phenoxy) is 1. The molecule has 2 heterocycles. The van der Waals surface area contributed by atoms with Crippen LogP contribution in [0.25, 0.3) is 22.2 Å². The summed E-state index contributed by atoms with van der Waals surface area (Å²) in [6.07, 6.45) is 2.22. The standard InChI is InChI=1S/C21H24N2O/c1-13-8-9-24-21-7-5-16(11-18(21)10-14(13)2)17-4-6-19-20(12-17)23-15(3)22-19/h4-7,11-14H,8-10H2,1-3H3,(H,22,23). The van der Waals surface area contributed by atoms with Crippen LogP contribution in [0.15, 0.2) is 36.4 Å². The monoisotopic (exact) mass is 320 g/mol. The van der Waals surface area contributed by atoms with Gasteiger partial charge in [0.15, 0.2) is 0 Å². The van der Waals surface area contributed by atoms with Crippen molar-refractivity contribution in [3.8, 4) is 16.9 Å². The molecule has 0 saturated carbocycles. The molecule has 0 bridgehead atoms. The van der Waals surface area contributed by atoms with Gasteiger partial charge in [0.25, 0.3) is 0 Å². The SMILES string of the molecule is Cc1nc2ccc(-c3ccc4c(c3)CC(C)C(C)CCO4)cc2[nH]1. The largest absolute Gasteiger partial charge is 0.493 e. The molecule has 0 spiro atoms. The summed E-state index contributed by atoms with van der Waals surface area (Å²) in [5.74, 6) is 3.39. The predicted molar refractivity (Wildman–Crippen MR) is 98.4 cm³/mol. The van der Waals surface area contributed by atoms with E-state index >= 15 is 0 Å². The van der Waals surface area contributed by atoms with Crippen LogP contribution in [-0.4, -0.2) is 16.6 Å². The van der Waals surface area contributed by atoms with Crippen LogP contribution in [0.5, 0.6) is 5.75 Å². The first-order valence-electron chi connectivity index (χ1n) is 8.82. The van der Waals surface area contributed by atoms with Crippen molar-refractivity contribution >= 4 is 11.0 Å². The number of benzene rings is 2. The van der Waals surface area contributed by atoms with E-state index in [1.807, 2.05) is 6.92 Å². The summed E-state index contributed by atoms with van der Waals surface area (Å²) in [7, 11) is 0. The van der Waals surface area contributed by atoms with Crippen molar-refractivity contribution in [2.45, 2.75) is 33.6 Å². The number of hydrogen-bond donors (Lipinski definition) is 1. The highest BCUT2D eigenvalue weighted by molar-refractivity contribution is 5.82. The fourth-order valence-electron chi connectivity index (χ4n) is 3.56. The quantitative estimate of drug-likeness (QED) is 0.674. The van der Waals surface area contributed by atoms with Gasteiger partial charge in [-0.15, -0.1) is 0 Å². The van der Waals surface area contributed by atoms with Crippen LogP contribution < -0.4 is 4.74 Å². The second-order valence-electron chi connectivity index (χ2n) is 7.17. The molecule has 2 aromatic carbocycles. The van der Waals surface area contributed by atoms with Gasteiger partial charge in [-0.2, -0.15) is 0 Å². The minimum atomic E-state index is 0.681. The third kappa shape index (κ3) is 2.79. The molecule has 1 aliphatic heterocycles. The van der Waals surface area contributed by atoms with E-state index in [1.165, 1.54) is 16.7 Å². The highest BCUT2D eigenvalue weighted by Gasteiger charge is 2.19. The molecule has 3 aromatic rings. The smallest absolute Gasteiger partial charge is 0.122 e. The van der Waals surface area contributed by atoms with Gasteiger partial charge in [0, 0.05) is 0 Å². The highest BCUT2D eigenvalue weighted by atomic mass is 16.5. The van der Waals surface area contributed by atoms with Crippen LogP contribution in [0.4, 0.5) is 0 Å². The van der Waals surface area contributed by atoms with E-state index in [0.717, 1.165) is 42.1 Å². The Balaban J connectivity index is 1.74. The van der Waals surface area contributed by atoms with Gasteiger partial charge in [-0.1, -0.05) is 26.0 Å². The van der Waals surface area contributed by atoms with Crippen molar-refractivity contribution in [2.24, 2.45) is 11.8 Å². The van der Waals surface area contributed by atoms with Gasteiger partial charge in [0.05, 0.1) is 17.6 Å². The Morgan fingerprint density at radius 2 is 1.83 bits per heavy atom. The lowest BCUT2D eigenvalue weighted by atomic mass is 9.86. The number of imidazole rings is 1. The molecule has 3 heteroatoms. The molecule has 1 N–H and O–H groups in total. The maximum atomic E-state index is 6.00. The lowest BCUT2D eigenvalue weighted by Crippen LogP contribution is -2.18. The normalized spacial score (nSPS) is 21.0. The third-order valence-electron chi connectivity index (χ3n) is 5.34. The predicted octanol–water partition coefficient (Wildman–Crippen LogP) is 5.14. The van der Waals surface area contributed by atoms with E-state index < -0.39 is 0 Å². The summed E-state index contributed by atoms with van der Waals surface area (Å²) < 4.78 is 6.00. The first kappa shape index (κ1) is 15.3. The summed E-state index contributed by atoms with van der Waals surface area (Å²) in [5.41, 5.74) is 5.90. The zero-order valence-electron chi connectivity index (χ0n) is 14.6. The van der Waals surface area contributed by atoms with Gasteiger partial charge in [-0.25, -0.2) is 4.98 Å². The molecular weight excluding hydrogens is 296 g/mol. The van der Waals surface area contributed by atoms with Crippen molar-refractivity contribution in [1.82, 2.24) is 9.97 Å². The lowest BCUT2D eigenvalue weighted by Gasteiger charge is -2.25. The first-order valence-corrected chi connectivity index (χ1v) is 8.82. The number of aromatic nitrogens is 2. The number of nitrogens with one attached hydrogen (secondary N) is 1. The minimum Gasteiger partial charge on any atom is -0.493 e. The van der Waals surface area contributed by atoms with Gasteiger partial charge in [-0.05, 0) is 72.6 Å². The van der Waals surface area contributed by atoms with Crippen LogP contribution in [0, 0.1) is 18.8 Å². The summed E-state index contributed by atoms with van der Waals surface area (Å²) in [6.45, 7) is 7.49. The number of hydrogen-bond acceptors (Lipinski definition) is 2. The summed E-state index contributed by atoms with van der Waals surface area (Å²) in [5, 5.41) is 0. The molecule has 1 aromatic heterocycles. The second-order valence-corrected chi connectivity index (χ2v) is 7.17. The van der Waals surface area contributed by atoms with Crippen LogP contribution in [0.1, 0.15) is 31.7 Å². The number of aromatic amines is 1. The van der Waals surface area contributed by atoms with Gasteiger partial charge in [0.1, 0.15) is 11.6 Å². The third-order valence-corrected chi connectivity index (χ3v) is 5.34. The molecule has 0 saturated heterocycles. The number of rotatable bonds is 1. The number of H-pyrrole nitrogens is 1. The molecule has 1 aliphatic rings. The van der Waals surface area contributed by atoms with E-state index in [2.05, 4.69) is 60.2 Å². The zero-order valence-corrected chi connectivity index (χ0v) is 14.6. The molecule has 24 heavy (non-hydrogen) atoms. The second kappa shape index (κ2) is 5.97. The maximum absolute atomic E-state index is 6.00. The Labute approximate surface area is 143 Å². The molecule has 2 unspecified atom stereocenters. The molecule has 0 radical (unpaired) electrons. The molecule has 0 aliphatic carbocycles. The molecule has 2 atom stereocenters. The summed E-state index contributed by atoms with van der Waals surface area (Å²) >= 11 is 0. The number of aryl methyl sites for hydroxylation is 1. The van der Waals surface area contributed by atoms with Gasteiger partial charge < -0.3 is 9.72 Å². The average Bonchev–Trinajstić information content (AvgIpc) is 2.93. The Kier molecular flexibility index (Phi) is 3.79. The highest BCUT2D eigenvalue weighted by Crippen LogP contribution is 2.33. The Hall–Kier alpha value is -2.29. The van der Waals surface area contributed by atoms with Crippen molar-refractivity contribution in [1.29, 1.82) is 0 Å². The van der Waals surface area contributed by atoms with Crippen LogP contribution in [0.3, 0.4) is 0 Å². The molecule has 0 fully saturated rings. The fourth-order valence-corrected chi connectivity index (χ4v) is 3.56. The zero-order chi connectivity index (χ0) is 16.7. The van der Waals surface area contributed by atoms with Crippen LogP contribution in [-0.2, 0) is 6.42 Å². The van der Waals surface area contributed by atoms with Gasteiger partial charge >= 0.3 is 0 Å². The van der Waals surface area contributed by atoms with E-state index in [1.54, 1.807) is 0 Å². The number of nitrogens with zero attached hydrogens (tertiary/aromatic N) is 1. The Morgan fingerprint density at radius 1 is 1.04 bits per heavy atom. The van der Waals surface area contributed by atoms with E-state index in [4.69, 9.17) is 4.74 Å². The van der Waals surface area contributed by atoms with Crippen LogP contribution in [0.2, 0.25) is 0 Å². The van der Waals surface area contributed by atoms with Gasteiger partial charge in [-0.3, -0.25) is 0 Å². The number of fused-ring (bicyclic) bond motifs is 2. The minimum absolute atomic E-state index is 0.681. The maximum Gasteiger partial charge on any atom is 0.122 e. The molecule has 0 amide bonds. The fraction of sp³-hybridized carbons (Fsp3) is 0.381. The lowest BCUT2D eigenvalue weighted by molar-refractivity contribution is 0.234. The topological polar surface area (TPSA) is 37.9 Å². The first-order chi connectivity index (χ1) is 11.6. The average molecular weight is 320 g/mol.